The highest BCUT2D eigenvalue weighted by molar-refractivity contribution is 5.30. The van der Waals surface area contributed by atoms with Crippen LogP contribution < -0.4 is 4.74 Å². The van der Waals surface area contributed by atoms with Crippen molar-refractivity contribution in [3.63, 3.8) is 0 Å². The van der Waals surface area contributed by atoms with Gasteiger partial charge < -0.3 is 4.74 Å². The first-order valence-corrected chi connectivity index (χ1v) is 11.3. The molecular formula is C25H32F3NO. The van der Waals surface area contributed by atoms with Crippen LogP contribution in [0, 0.1) is 17.7 Å². The molecule has 0 amide bonds. The van der Waals surface area contributed by atoms with Gasteiger partial charge in [-0.2, -0.15) is 13.8 Å². The van der Waals surface area contributed by atoms with Crippen molar-refractivity contribution in [3.8, 4) is 5.75 Å². The summed E-state index contributed by atoms with van der Waals surface area (Å²) in [5.41, 5.74) is 1.45. The standard InChI is InChI=1S/C25H32F3NO/c1-2-3-4-5-6-7-16-30-21-14-12-19(13-15-21)18-8-10-20(11-9-18)22-17-23(26)25(28)29-24(22)27/h12-15,17-18,20H,2-11,16H2,1H3/t18-,20-. The fraction of sp³-hybridized carbons (Fsp3) is 0.560. The van der Waals surface area contributed by atoms with Crippen LogP contribution in [0.4, 0.5) is 13.2 Å². The van der Waals surface area contributed by atoms with Crippen LogP contribution in [-0.2, 0) is 0 Å². The van der Waals surface area contributed by atoms with Crippen LogP contribution in [0.1, 0.15) is 94.1 Å². The van der Waals surface area contributed by atoms with Crippen LogP contribution in [-0.4, -0.2) is 11.6 Å². The van der Waals surface area contributed by atoms with Gasteiger partial charge in [-0.05, 0) is 67.7 Å². The molecule has 1 saturated carbocycles. The van der Waals surface area contributed by atoms with E-state index in [4.69, 9.17) is 4.74 Å². The third-order valence-corrected chi connectivity index (χ3v) is 6.20. The molecule has 0 aliphatic heterocycles. The average Bonchev–Trinajstić information content (AvgIpc) is 2.76. The van der Waals surface area contributed by atoms with Gasteiger partial charge in [-0.25, -0.2) is 4.39 Å². The first-order chi connectivity index (χ1) is 14.6. The van der Waals surface area contributed by atoms with E-state index in [9.17, 15) is 13.2 Å². The topological polar surface area (TPSA) is 22.1 Å². The highest BCUT2D eigenvalue weighted by Gasteiger charge is 2.27. The first-order valence-electron chi connectivity index (χ1n) is 11.3. The van der Waals surface area contributed by atoms with Crippen molar-refractivity contribution in [2.75, 3.05) is 6.61 Å². The molecule has 0 atom stereocenters. The first kappa shape index (κ1) is 22.6. The molecule has 0 spiro atoms. The molecule has 3 rings (SSSR count). The minimum Gasteiger partial charge on any atom is -0.494 e. The third-order valence-electron chi connectivity index (χ3n) is 6.20. The highest BCUT2D eigenvalue weighted by atomic mass is 19.2. The van der Waals surface area contributed by atoms with Gasteiger partial charge in [0.05, 0.1) is 6.61 Å². The van der Waals surface area contributed by atoms with Gasteiger partial charge >= 0.3 is 0 Å². The Morgan fingerprint density at radius 1 is 0.833 bits per heavy atom. The highest BCUT2D eigenvalue weighted by Crippen LogP contribution is 2.41. The van der Waals surface area contributed by atoms with Gasteiger partial charge in [0.25, 0.3) is 5.95 Å². The summed E-state index contributed by atoms with van der Waals surface area (Å²) in [5.74, 6) is -2.15. The molecular weight excluding hydrogens is 387 g/mol. The molecule has 1 aromatic heterocycles. The summed E-state index contributed by atoms with van der Waals surface area (Å²) in [7, 11) is 0. The maximum absolute atomic E-state index is 14.0. The average molecular weight is 420 g/mol. The molecule has 1 aliphatic rings. The van der Waals surface area contributed by atoms with Crippen LogP contribution in [0.15, 0.2) is 30.3 Å². The van der Waals surface area contributed by atoms with Gasteiger partial charge in [-0.3, -0.25) is 0 Å². The van der Waals surface area contributed by atoms with Crippen molar-refractivity contribution >= 4 is 0 Å². The van der Waals surface area contributed by atoms with Crippen molar-refractivity contribution in [3.05, 3.63) is 59.2 Å². The maximum atomic E-state index is 14.0. The van der Waals surface area contributed by atoms with Crippen molar-refractivity contribution < 1.29 is 17.9 Å². The Balaban J connectivity index is 1.44. The summed E-state index contributed by atoms with van der Waals surface area (Å²) < 4.78 is 46.3. The number of nitrogens with zero attached hydrogens (tertiary/aromatic N) is 1. The largest absolute Gasteiger partial charge is 0.494 e. The lowest BCUT2D eigenvalue weighted by molar-refractivity contribution is 0.304. The Morgan fingerprint density at radius 3 is 2.17 bits per heavy atom. The number of unbranched alkanes of at least 4 members (excludes halogenated alkanes) is 5. The normalized spacial score (nSPS) is 19.1. The number of pyridine rings is 1. The zero-order valence-electron chi connectivity index (χ0n) is 17.8. The molecule has 0 radical (unpaired) electrons. The molecule has 1 heterocycles. The summed E-state index contributed by atoms with van der Waals surface area (Å²) in [6, 6.07) is 9.25. The van der Waals surface area contributed by atoms with Crippen LogP contribution in [0.5, 0.6) is 5.75 Å². The number of ether oxygens (including phenoxy) is 1. The molecule has 0 N–H and O–H groups in total. The third kappa shape index (κ3) is 6.23. The Morgan fingerprint density at radius 2 is 1.47 bits per heavy atom. The molecule has 0 saturated heterocycles. The SMILES string of the molecule is CCCCCCCCOc1ccc([C@H]2CC[C@H](c3cc(F)c(F)nc3F)CC2)cc1. The smallest absolute Gasteiger partial charge is 0.251 e. The Kier molecular flexibility index (Phi) is 8.59. The predicted octanol–water partition coefficient (Wildman–Crippen LogP) is 7.68. The lowest BCUT2D eigenvalue weighted by Crippen LogP contribution is -2.14. The molecule has 1 fully saturated rings. The molecule has 2 aromatic rings. The van der Waals surface area contributed by atoms with E-state index in [1.807, 2.05) is 12.1 Å². The van der Waals surface area contributed by atoms with E-state index in [-0.39, 0.29) is 11.5 Å². The second-order valence-corrected chi connectivity index (χ2v) is 8.37. The summed E-state index contributed by atoms with van der Waals surface area (Å²) in [4.78, 5) is 3.06. The van der Waals surface area contributed by atoms with Crippen molar-refractivity contribution in [1.29, 1.82) is 0 Å². The van der Waals surface area contributed by atoms with E-state index in [1.54, 1.807) is 0 Å². The van der Waals surface area contributed by atoms with E-state index in [2.05, 4.69) is 24.0 Å². The zero-order chi connectivity index (χ0) is 21.3. The van der Waals surface area contributed by atoms with Gasteiger partial charge in [-0.1, -0.05) is 51.2 Å². The van der Waals surface area contributed by atoms with Crippen molar-refractivity contribution in [1.82, 2.24) is 4.98 Å². The summed E-state index contributed by atoms with van der Waals surface area (Å²) in [6.07, 6.45) is 10.7. The monoisotopic (exact) mass is 419 g/mol. The van der Waals surface area contributed by atoms with Gasteiger partial charge in [0, 0.05) is 5.56 Å². The van der Waals surface area contributed by atoms with Crippen LogP contribution in [0.3, 0.4) is 0 Å². The Labute approximate surface area is 177 Å². The lowest BCUT2D eigenvalue weighted by Gasteiger charge is -2.29. The number of halogens is 3. The molecule has 164 valence electrons. The molecule has 30 heavy (non-hydrogen) atoms. The molecule has 0 unspecified atom stereocenters. The molecule has 5 heteroatoms. The van der Waals surface area contributed by atoms with Gasteiger partial charge in [-0.15, -0.1) is 0 Å². The minimum atomic E-state index is -1.37. The number of benzene rings is 1. The molecule has 1 aliphatic carbocycles. The van der Waals surface area contributed by atoms with E-state index >= 15 is 0 Å². The second-order valence-electron chi connectivity index (χ2n) is 8.37. The Hall–Kier alpha value is -2.04. The minimum absolute atomic E-state index is 0.108. The summed E-state index contributed by atoms with van der Waals surface area (Å²) in [6.45, 7) is 2.98. The number of hydrogen-bond donors (Lipinski definition) is 0. The predicted molar refractivity (Wildman–Crippen MR) is 113 cm³/mol. The van der Waals surface area contributed by atoms with E-state index < -0.39 is 17.7 Å². The summed E-state index contributed by atoms with van der Waals surface area (Å²) >= 11 is 0. The number of rotatable bonds is 10. The summed E-state index contributed by atoms with van der Waals surface area (Å²) in [5, 5.41) is 0. The number of aromatic nitrogens is 1. The molecule has 2 nitrogen and oxygen atoms in total. The molecule has 0 bridgehead atoms. The van der Waals surface area contributed by atoms with Gasteiger partial charge in [0.1, 0.15) is 5.75 Å². The van der Waals surface area contributed by atoms with Crippen LogP contribution in [0.25, 0.3) is 0 Å². The quantitative estimate of drug-likeness (QED) is 0.291. The van der Waals surface area contributed by atoms with Gasteiger partial charge in [0.2, 0.25) is 5.95 Å². The van der Waals surface area contributed by atoms with E-state index in [0.717, 1.165) is 50.5 Å². The van der Waals surface area contributed by atoms with Crippen molar-refractivity contribution in [2.24, 2.45) is 0 Å². The van der Waals surface area contributed by atoms with Crippen LogP contribution >= 0.6 is 0 Å². The zero-order valence-corrected chi connectivity index (χ0v) is 17.8. The van der Waals surface area contributed by atoms with E-state index in [1.165, 1.54) is 37.7 Å². The number of hydrogen-bond acceptors (Lipinski definition) is 2. The molecule has 1 aromatic carbocycles. The maximum Gasteiger partial charge on any atom is 0.251 e. The van der Waals surface area contributed by atoms with Crippen LogP contribution in [0.2, 0.25) is 0 Å². The second kappa shape index (κ2) is 11.4. The Bertz CT molecular complexity index is 786. The van der Waals surface area contributed by atoms with Gasteiger partial charge in [0.15, 0.2) is 5.82 Å². The fourth-order valence-electron chi connectivity index (χ4n) is 4.39. The lowest BCUT2D eigenvalue weighted by atomic mass is 9.76. The van der Waals surface area contributed by atoms with Crippen molar-refractivity contribution in [2.45, 2.75) is 83.0 Å². The van der Waals surface area contributed by atoms with E-state index in [0.29, 0.717) is 5.92 Å². The fourth-order valence-corrected chi connectivity index (χ4v) is 4.39.